The molecule has 1 aliphatic heterocycles. The van der Waals surface area contributed by atoms with E-state index in [2.05, 4.69) is 10.1 Å². The van der Waals surface area contributed by atoms with E-state index >= 15 is 0 Å². The first-order chi connectivity index (χ1) is 16.0. The Morgan fingerprint density at radius 1 is 1.06 bits per heavy atom. The molecule has 0 radical (unpaired) electrons. The fourth-order valence-corrected chi connectivity index (χ4v) is 5.21. The Bertz CT molecular complexity index is 1190. The van der Waals surface area contributed by atoms with E-state index in [4.69, 9.17) is 4.98 Å². The van der Waals surface area contributed by atoms with Gasteiger partial charge in [0.15, 0.2) is 5.65 Å². The molecule has 33 heavy (non-hydrogen) atoms. The number of piperidine rings is 1. The van der Waals surface area contributed by atoms with Crippen LogP contribution >= 0.6 is 0 Å². The lowest BCUT2D eigenvalue weighted by molar-refractivity contribution is 0.0704. The maximum Gasteiger partial charge on any atom is 0.262 e. The highest BCUT2D eigenvalue weighted by Gasteiger charge is 2.28. The Balaban J connectivity index is 1.39. The summed E-state index contributed by atoms with van der Waals surface area (Å²) in [5, 5.41) is 5.08. The van der Waals surface area contributed by atoms with Gasteiger partial charge in [0.2, 0.25) is 0 Å². The van der Waals surface area contributed by atoms with E-state index in [9.17, 15) is 9.59 Å². The number of rotatable bonds is 4. The van der Waals surface area contributed by atoms with Crippen LogP contribution in [0, 0.1) is 0 Å². The third kappa shape index (κ3) is 4.26. The number of aromatic amines is 1. The third-order valence-electron chi connectivity index (χ3n) is 7.13. The van der Waals surface area contributed by atoms with Crippen molar-refractivity contribution in [2.24, 2.45) is 0 Å². The van der Waals surface area contributed by atoms with Crippen LogP contribution < -0.4 is 10.5 Å². The molecule has 3 heterocycles. The average molecular weight is 449 g/mol. The van der Waals surface area contributed by atoms with Gasteiger partial charge in [0, 0.05) is 44.4 Å². The summed E-state index contributed by atoms with van der Waals surface area (Å²) in [6.45, 7) is 1.28. The van der Waals surface area contributed by atoms with Crippen molar-refractivity contribution >= 4 is 22.6 Å². The second-order valence-electron chi connectivity index (χ2n) is 9.60. The summed E-state index contributed by atoms with van der Waals surface area (Å²) in [4.78, 5) is 37.8. The maximum absolute atomic E-state index is 13.2. The van der Waals surface area contributed by atoms with Gasteiger partial charge in [0.05, 0.1) is 12.2 Å². The molecule has 0 spiro atoms. The number of carbonyl (C=O) groups excluding carboxylic acids is 1. The molecule has 1 aromatic carbocycles. The van der Waals surface area contributed by atoms with E-state index in [0.717, 1.165) is 37.9 Å². The third-order valence-corrected chi connectivity index (χ3v) is 7.13. The van der Waals surface area contributed by atoms with Crippen molar-refractivity contribution in [2.75, 3.05) is 32.1 Å². The number of carbonyl (C=O) groups is 1. The molecule has 1 unspecified atom stereocenters. The van der Waals surface area contributed by atoms with Crippen LogP contribution in [0.1, 0.15) is 73.1 Å². The van der Waals surface area contributed by atoms with Gasteiger partial charge in [-0.25, -0.2) is 9.67 Å². The zero-order valence-electron chi connectivity index (χ0n) is 19.5. The molecule has 2 aromatic heterocycles. The molecular weight excluding hydrogens is 416 g/mol. The van der Waals surface area contributed by atoms with Gasteiger partial charge in [-0.15, -0.1) is 0 Å². The largest absolute Gasteiger partial charge is 0.378 e. The normalized spacial score (nSPS) is 19.7. The number of aromatic nitrogens is 4. The molecule has 1 saturated carbocycles. The highest BCUT2D eigenvalue weighted by atomic mass is 16.2. The molecule has 1 amide bonds. The average Bonchev–Trinajstić information content (AvgIpc) is 3.29. The molecule has 5 rings (SSSR count). The SMILES string of the molecule is CN(C)c1ccc(C(=O)N2CCCC(c3nc4c(cnn4C4CCCCC4)c(=O)[nH]3)C2)cc1. The maximum atomic E-state index is 13.2. The number of hydrogen-bond acceptors (Lipinski definition) is 5. The molecule has 1 atom stereocenters. The molecule has 2 fully saturated rings. The van der Waals surface area contributed by atoms with Gasteiger partial charge in [-0.3, -0.25) is 9.59 Å². The Labute approximate surface area is 193 Å². The number of hydrogen-bond donors (Lipinski definition) is 1. The molecule has 8 heteroatoms. The quantitative estimate of drug-likeness (QED) is 0.657. The minimum atomic E-state index is -0.139. The van der Waals surface area contributed by atoms with Crippen molar-refractivity contribution in [3.8, 4) is 0 Å². The van der Waals surface area contributed by atoms with Crippen LogP contribution in [0.15, 0.2) is 35.3 Å². The van der Waals surface area contributed by atoms with E-state index in [1.807, 2.05) is 52.8 Å². The Morgan fingerprint density at radius 2 is 1.82 bits per heavy atom. The number of nitrogens with zero attached hydrogens (tertiary/aromatic N) is 5. The number of likely N-dealkylation sites (tertiary alicyclic amines) is 1. The monoisotopic (exact) mass is 448 g/mol. The number of benzene rings is 1. The zero-order chi connectivity index (χ0) is 22.9. The topological polar surface area (TPSA) is 87.1 Å². The van der Waals surface area contributed by atoms with Crippen LogP contribution in [0.25, 0.3) is 11.0 Å². The first kappa shape index (κ1) is 21.7. The van der Waals surface area contributed by atoms with Crippen molar-refractivity contribution in [2.45, 2.75) is 56.9 Å². The van der Waals surface area contributed by atoms with Gasteiger partial charge in [0.1, 0.15) is 11.2 Å². The summed E-state index contributed by atoms with van der Waals surface area (Å²) in [5.74, 6) is 0.710. The fraction of sp³-hybridized carbons (Fsp3) is 0.520. The minimum absolute atomic E-state index is 0.00977. The number of fused-ring (bicyclic) bond motifs is 1. The van der Waals surface area contributed by atoms with E-state index < -0.39 is 0 Å². The molecule has 174 valence electrons. The Kier molecular flexibility index (Phi) is 5.91. The summed E-state index contributed by atoms with van der Waals surface area (Å²) < 4.78 is 1.96. The number of anilines is 1. The molecule has 1 aliphatic carbocycles. The van der Waals surface area contributed by atoms with Crippen molar-refractivity contribution in [1.29, 1.82) is 0 Å². The smallest absolute Gasteiger partial charge is 0.262 e. The molecule has 1 N–H and O–H groups in total. The molecular formula is C25H32N6O2. The Hall–Kier alpha value is -3.16. The summed E-state index contributed by atoms with van der Waals surface area (Å²) >= 11 is 0. The second-order valence-corrected chi connectivity index (χ2v) is 9.60. The lowest BCUT2D eigenvalue weighted by Gasteiger charge is -2.32. The zero-order valence-corrected chi connectivity index (χ0v) is 19.5. The lowest BCUT2D eigenvalue weighted by atomic mass is 9.95. The van der Waals surface area contributed by atoms with Crippen molar-refractivity contribution in [3.63, 3.8) is 0 Å². The van der Waals surface area contributed by atoms with Gasteiger partial charge in [-0.2, -0.15) is 5.10 Å². The first-order valence-electron chi connectivity index (χ1n) is 12.1. The molecule has 1 saturated heterocycles. The van der Waals surface area contributed by atoms with E-state index in [0.29, 0.717) is 35.0 Å². The number of nitrogens with one attached hydrogen (secondary N) is 1. The van der Waals surface area contributed by atoms with Crippen molar-refractivity contribution in [1.82, 2.24) is 24.6 Å². The molecule has 8 nitrogen and oxygen atoms in total. The fourth-order valence-electron chi connectivity index (χ4n) is 5.21. The summed E-state index contributed by atoms with van der Waals surface area (Å²) in [6, 6.07) is 8.02. The van der Waals surface area contributed by atoms with E-state index in [1.165, 1.54) is 19.3 Å². The number of H-pyrrole nitrogens is 1. The van der Waals surface area contributed by atoms with Crippen LogP contribution in [0.2, 0.25) is 0 Å². The van der Waals surface area contributed by atoms with Crippen LogP contribution in [0.4, 0.5) is 5.69 Å². The minimum Gasteiger partial charge on any atom is -0.378 e. The highest BCUT2D eigenvalue weighted by Crippen LogP contribution is 2.30. The summed E-state index contributed by atoms with van der Waals surface area (Å²) in [5.41, 5.74) is 2.30. The standard InChI is InChI=1S/C25H32N6O2/c1-29(2)19-12-10-17(11-13-19)25(33)30-14-6-7-18(16-30)22-27-23-21(24(32)28-22)15-26-31(23)20-8-4-3-5-9-20/h10-13,15,18,20H,3-9,14,16H2,1-2H3,(H,27,28,32). The molecule has 3 aromatic rings. The lowest BCUT2D eigenvalue weighted by Crippen LogP contribution is -2.40. The van der Waals surface area contributed by atoms with Gasteiger partial charge in [-0.05, 0) is 49.9 Å². The Morgan fingerprint density at radius 3 is 2.55 bits per heavy atom. The number of amides is 1. The van der Waals surface area contributed by atoms with Crippen LogP contribution in [0.5, 0.6) is 0 Å². The molecule has 0 bridgehead atoms. The summed E-state index contributed by atoms with van der Waals surface area (Å²) in [6.07, 6.45) is 9.24. The predicted molar refractivity (Wildman–Crippen MR) is 129 cm³/mol. The van der Waals surface area contributed by atoms with Gasteiger partial charge in [0.25, 0.3) is 11.5 Å². The van der Waals surface area contributed by atoms with Crippen molar-refractivity contribution in [3.05, 3.63) is 52.2 Å². The van der Waals surface area contributed by atoms with Crippen LogP contribution in [-0.2, 0) is 0 Å². The van der Waals surface area contributed by atoms with Gasteiger partial charge in [-0.1, -0.05) is 19.3 Å². The van der Waals surface area contributed by atoms with E-state index in [-0.39, 0.29) is 17.4 Å². The van der Waals surface area contributed by atoms with Crippen LogP contribution in [-0.4, -0.2) is 57.7 Å². The highest BCUT2D eigenvalue weighted by molar-refractivity contribution is 5.94. The van der Waals surface area contributed by atoms with Crippen LogP contribution in [0.3, 0.4) is 0 Å². The second kappa shape index (κ2) is 9.00. The first-order valence-corrected chi connectivity index (χ1v) is 12.1. The predicted octanol–water partition coefficient (Wildman–Crippen LogP) is 3.71. The van der Waals surface area contributed by atoms with E-state index in [1.54, 1.807) is 6.20 Å². The van der Waals surface area contributed by atoms with Gasteiger partial charge < -0.3 is 14.8 Å². The van der Waals surface area contributed by atoms with Gasteiger partial charge >= 0.3 is 0 Å². The summed E-state index contributed by atoms with van der Waals surface area (Å²) in [7, 11) is 3.97. The molecule has 2 aliphatic rings. The van der Waals surface area contributed by atoms with Crippen molar-refractivity contribution < 1.29 is 4.79 Å².